The third-order valence-corrected chi connectivity index (χ3v) is 11.7. The third-order valence-electron chi connectivity index (χ3n) is 11.0. The summed E-state index contributed by atoms with van der Waals surface area (Å²) in [5.41, 5.74) is 2.37. The fourth-order valence-electron chi connectivity index (χ4n) is 7.67. The lowest BCUT2D eigenvalue weighted by molar-refractivity contribution is -0.141. The molecule has 4 amide bonds. The van der Waals surface area contributed by atoms with Crippen molar-refractivity contribution >= 4 is 74.1 Å². The van der Waals surface area contributed by atoms with E-state index in [9.17, 15) is 24.0 Å². The number of hydrogen-bond acceptors (Lipinski definition) is 14. The van der Waals surface area contributed by atoms with Crippen molar-refractivity contribution in [3.05, 3.63) is 84.5 Å². The number of benzene rings is 2. The number of anilines is 4. The molecule has 0 saturated carbocycles. The number of nitrogens with zero attached hydrogens (tertiary/aromatic N) is 5. The molecule has 2 aromatic carbocycles. The van der Waals surface area contributed by atoms with Crippen LogP contribution in [0.25, 0.3) is 22.3 Å². The van der Waals surface area contributed by atoms with E-state index in [1.807, 2.05) is 51.3 Å². The first kappa shape index (κ1) is 46.1. The van der Waals surface area contributed by atoms with E-state index in [4.69, 9.17) is 19.4 Å². The van der Waals surface area contributed by atoms with Crippen LogP contribution in [-0.2, 0) is 24.0 Å². The summed E-state index contributed by atoms with van der Waals surface area (Å²) in [5.74, 6) is -2.05. The largest absolute Gasteiger partial charge is 0.497 e. The summed E-state index contributed by atoms with van der Waals surface area (Å²) >= 11 is 1.46. The molecule has 0 aliphatic carbocycles. The van der Waals surface area contributed by atoms with Gasteiger partial charge in [-0.05, 0) is 75.8 Å². The summed E-state index contributed by atoms with van der Waals surface area (Å²) in [6, 6.07) is 12.5. The van der Waals surface area contributed by atoms with Crippen molar-refractivity contribution in [3.63, 3.8) is 0 Å². The van der Waals surface area contributed by atoms with Crippen molar-refractivity contribution < 1.29 is 33.4 Å². The van der Waals surface area contributed by atoms with E-state index in [1.54, 1.807) is 68.0 Å². The second kappa shape index (κ2) is 21.2. The van der Waals surface area contributed by atoms with Gasteiger partial charge in [-0.3, -0.25) is 24.0 Å². The van der Waals surface area contributed by atoms with Gasteiger partial charge >= 0.3 is 0 Å². The zero-order valence-corrected chi connectivity index (χ0v) is 37.8. The van der Waals surface area contributed by atoms with Crippen molar-refractivity contribution in [3.8, 4) is 22.9 Å². The summed E-state index contributed by atoms with van der Waals surface area (Å²) in [5, 5.41) is 18.1. The average Bonchev–Trinajstić information content (AvgIpc) is 3.94. The van der Waals surface area contributed by atoms with E-state index in [0.717, 1.165) is 5.13 Å². The Morgan fingerprint density at radius 1 is 0.892 bits per heavy atom. The highest BCUT2D eigenvalue weighted by molar-refractivity contribution is 7.14. The Bertz CT molecular complexity index is 2550. The first-order valence-electron chi connectivity index (χ1n) is 21.8. The van der Waals surface area contributed by atoms with E-state index in [1.165, 1.54) is 16.2 Å². The lowest BCUT2D eigenvalue weighted by atomic mass is 10.0. The molecule has 5 aromatic rings. The Balaban J connectivity index is 1.20. The number of Topliss-reactive ketones (excluding diaryl/α,β-unsaturated/α-hetero) is 1. The fraction of sp³-hybridized carbons (Fsp3) is 0.383. The number of nitrogens with one attached hydrogen (secondary N) is 5. The molecule has 5 heterocycles. The van der Waals surface area contributed by atoms with Gasteiger partial charge in [-0.1, -0.05) is 38.1 Å². The monoisotopic (exact) mass is 902 g/mol. The SMILES string of the molecule is COc1ccc2c(O[C@H]3C[C@@H](C(=O)N[C@@H]4CC/C=C/CCCC(=O)Nc5ccccc5NC(=O)C4=O)N(C(=O)C(Nc4ncccn4)C(C)C)C3)cc(-c3csc(NC(C)C)n3)nc2c1. The normalized spacial score (nSPS) is 19.3. The second-order valence-electron chi connectivity index (χ2n) is 16.6. The highest BCUT2D eigenvalue weighted by Gasteiger charge is 2.45. The maximum atomic E-state index is 14.8. The molecule has 17 nitrogen and oxygen atoms in total. The van der Waals surface area contributed by atoms with Crippen molar-refractivity contribution in [2.24, 2.45) is 5.92 Å². The smallest absolute Gasteiger partial charge is 0.294 e. The Morgan fingerprint density at radius 3 is 2.38 bits per heavy atom. The second-order valence-corrected chi connectivity index (χ2v) is 17.4. The zero-order valence-electron chi connectivity index (χ0n) is 37.0. The lowest BCUT2D eigenvalue weighted by Crippen LogP contribution is -2.55. The molecule has 0 spiro atoms. The first-order chi connectivity index (χ1) is 31.4. The van der Waals surface area contributed by atoms with E-state index >= 15 is 0 Å². The average molecular weight is 903 g/mol. The number of para-hydroxylation sites is 2. The van der Waals surface area contributed by atoms with E-state index in [0.29, 0.717) is 58.7 Å². The number of methoxy groups -OCH3 is 1. The Morgan fingerprint density at radius 2 is 1.65 bits per heavy atom. The summed E-state index contributed by atoms with van der Waals surface area (Å²) in [7, 11) is 1.58. The molecule has 1 unspecified atom stereocenters. The number of rotatable bonds is 12. The standard InChI is InChI=1S/C47H54N10O7S/c1-27(2)41(56-46-48-20-13-21-49-46)45(62)57-25-30(64-39-24-36(37-26-65-47(55-37)50-28(3)4)51-35-22-29(63-5)18-19-31(35)39)23-38(57)43(60)54-34-16-9-7-6-8-10-17-40(58)52-32-14-11-12-15-33(32)53-44(61)42(34)59/h6-7,11-15,18-22,24,26-28,30,34,38,41H,8-10,16-17,23,25H2,1-5H3,(H,50,55)(H,52,58)(H,53,61)(H,54,60)(H,48,49,56)/b7-6+/t30-,34+,38-,41?/m0/s1. The number of ether oxygens (including phenoxy) is 2. The van der Waals surface area contributed by atoms with Crippen LogP contribution in [0.15, 0.2) is 84.5 Å². The van der Waals surface area contributed by atoms with Crippen LogP contribution >= 0.6 is 11.3 Å². The number of pyridine rings is 1. The minimum Gasteiger partial charge on any atom is -0.497 e. The van der Waals surface area contributed by atoms with Crippen LogP contribution in [0.5, 0.6) is 11.5 Å². The maximum Gasteiger partial charge on any atom is 0.294 e. The molecule has 18 heteroatoms. The van der Waals surface area contributed by atoms with Gasteiger partial charge in [-0.2, -0.15) is 0 Å². The molecule has 1 fully saturated rings. The molecule has 65 heavy (non-hydrogen) atoms. The Labute approximate surface area is 381 Å². The molecule has 2 aliphatic rings. The van der Waals surface area contributed by atoms with Crippen LogP contribution in [0, 0.1) is 5.92 Å². The molecule has 3 aromatic heterocycles. The van der Waals surface area contributed by atoms with Crippen molar-refractivity contribution in [2.45, 2.75) is 96.5 Å². The number of hydrogen-bond donors (Lipinski definition) is 5. The maximum absolute atomic E-state index is 14.8. The van der Waals surface area contributed by atoms with Gasteiger partial charge in [0.25, 0.3) is 5.91 Å². The van der Waals surface area contributed by atoms with E-state index in [2.05, 4.69) is 36.6 Å². The molecule has 340 valence electrons. The van der Waals surface area contributed by atoms with Crippen molar-refractivity contribution in [2.75, 3.05) is 34.9 Å². The Kier molecular flexibility index (Phi) is 15.0. The van der Waals surface area contributed by atoms with Gasteiger partial charge < -0.3 is 41.0 Å². The van der Waals surface area contributed by atoms with Crippen molar-refractivity contribution in [1.82, 2.24) is 30.2 Å². The number of carbonyl (C=O) groups is 5. The number of aromatic nitrogens is 4. The third kappa shape index (κ3) is 11.6. The van der Waals surface area contributed by atoms with Crippen LogP contribution < -0.4 is 36.1 Å². The van der Waals surface area contributed by atoms with Gasteiger partial charge in [-0.15, -0.1) is 11.3 Å². The van der Waals surface area contributed by atoms with Gasteiger partial charge in [0, 0.05) is 54.2 Å². The number of allylic oxidation sites excluding steroid dienone is 2. The molecule has 5 N–H and O–H groups in total. The van der Waals surface area contributed by atoms with Crippen molar-refractivity contribution in [1.29, 1.82) is 0 Å². The summed E-state index contributed by atoms with van der Waals surface area (Å²) in [6.45, 7) is 7.83. The van der Waals surface area contributed by atoms with Crippen LogP contribution in [0.4, 0.5) is 22.5 Å². The van der Waals surface area contributed by atoms with E-state index < -0.39 is 47.7 Å². The predicted molar refractivity (Wildman–Crippen MR) is 250 cm³/mol. The molecular weight excluding hydrogens is 849 g/mol. The molecule has 1 saturated heterocycles. The fourth-order valence-corrected chi connectivity index (χ4v) is 8.52. The summed E-state index contributed by atoms with van der Waals surface area (Å²) in [4.78, 5) is 89.5. The van der Waals surface area contributed by atoms with Gasteiger partial charge in [0.1, 0.15) is 35.4 Å². The highest BCUT2D eigenvalue weighted by Crippen LogP contribution is 2.36. The number of fused-ring (bicyclic) bond motifs is 2. The molecule has 0 radical (unpaired) electrons. The quantitative estimate of drug-likeness (QED) is 0.0658. The topological polar surface area (TPSA) is 219 Å². The van der Waals surface area contributed by atoms with Gasteiger partial charge in [-0.25, -0.2) is 19.9 Å². The van der Waals surface area contributed by atoms with Crippen LogP contribution in [0.2, 0.25) is 0 Å². The molecule has 7 rings (SSSR count). The minimum atomic E-state index is -1.25. The molecule has 2 aliphatic heterocycles. The molecule has 0 bridgehead atoms. The first-order valence-corrected chi connectivity index (χ1v) is 22.7. The minimum absolute atomic E-state index is 0.0102. The summed E-state index contributed by atoms with van der Waals surface area (Å²) in [6.07, 6.45) is 8.22. The number of amides is 4. The Hall–Kier alpha value is -6.95. The zero-order chi connectivity index (χ0) is 46.0. The number of likely N-dealkylation sites (tertiary alicyclic amines) is 1. The van der Waals surface area contributed by atoms with Crippen LogP contribution in [0.3, 0.4) is 0 Å². The van der Waals surface area contributed by atoms with Gasteiger partial charge in [0.2, 0.25) is 29.5 Å². The summed E-state index contributed by atoms with van der Waals surface area (Å²) < 4.78 is 12.3. The van der Waals surface area contributed by atoms with Gasteiger partial charge in [0.15, 0.2) is 5.13 Å². The number of carbonyl (C=O) groups excluding carboxylic acids is 5. The number of ketones is 1. The molecule has 4 atom stereocenters. The lowest BCUT2D eigenvalue weighted by Gasteiger charge is -2.31. The van der Waals surface area contributed by atoms with Crippen LogP contribution in [-0.4, -0.2) is 98.2 Å². The predicted octanol–water partition coefficient (Wildman–Crippen LogP) is 6.61. The van der Waals surface area contributed by atoms with Crippen LogP contribution in [0.1, 0.15) is 66.2 Å². The van der Waals surface area contributed by atoms with E-state index in [-0.39, 0.29) is 55.3 Å². The highest BCUT2D eigenvalue weighted by atomic mass is 32.1. The molecular formula is C47H54N10O7S. The van der Waals surface area contributed by atoms with Gasteiger partial charge in [0.05, 0.1) is 42.3 Å². The number of thiazole rings is 1.